The van der Waals surface area contributed by atoms with Gasteiger partial charge in [-0.1, -0.05) is 0 Å². The van der Waals surface area contributed by atoms with Crippen LogP contribution in [0.25, 0.3) is 10.6 Å². The molecule has 0 radical (unpaired) electrons. The van der Waals surface area contributed by atoms with E-state index in [1.807, 2.05) is 4.90 Å². The number of rotatable bonds is 7. The first kappa shape index (κ1) is 20.0. The van der Waals surface area contributed by atoms with Gasteiger partial charge in [0.05, 0.1) is 18.8 Å². The molecule has 6 heteroatoms. The van der Waals surface area contributed by atoms with E-state index in [2.05, 4.69) is 36.1 Å². The highest BCUT2D eigenvalue weighted by Gasteiger charge is 2.35. The van der Waals surface area contributed by atoms with E-state index in [0.717, 1.165) is 74.3 Å². The average Bonchev–Trinajstić information content (AvgIpc) is 3.40. The minimum absolute atomic E-state index is 0.297. The molecule has 160 valence electrons. The van der Waals surface area contributed by atoms with Gasteiger partial charge in [-0.15, -0.1) is 11.3 Å². The van der Waals surface area contributed by atoms with E-state index < -0.39 is 0 Å². The third kappa shape index (κ3) is 4.40. The van der Waals surface area contributed by atoms with Gasteiger partial charge in [-0.3, -0.25) is 4.79 Å². The second kappa shape index (κ2) is 8.67. The SMILES string of the molecule is CC1CCCN1CCCOc1ccc(-c2nc3c(s2)CN(C(=O)C2CC2)CC3)cc1. The Morgan fingerprint density at radius 3 is 2.77 bits per heavy atom. The number of ether oxygens (including phenoxy) is 1. The highest BCUT2D eigenvalue weighted by molar-refractivity contribution is 7.15. The molecule has 2 aliphatic heterocycles. The number of thiazole rings is 1. The maximum Gasteiger partial charge on any atom is 0.226 e. The van der Waals surface area contributed by atoms with E-state index in [1.165, 1.54) is 30.0 Å². The lowest BCUT2D eigenvalue weighted by Gasteiger charge is -2.26. The van der Waals surface area contributed by atoms with Crippen molar-refractivity contribution in [2.75, 3.05) is 26.2 Å². The van der Waals surface area contributed by atoms with Crippen molar-refractivity contribution in [3.05, 3.63) is 34.8 Å². The maximum absolute atomic E-state index is 12.4. The summed E-state index contributed by atoms with van der Waals surface area (Å²) in [6.07, 6.45) is 6.75. The van der Waals surface area contributed by atoms with Crippen LogP contribution < -0.4 is 4.74 Å². The van der Waals surface area contributed by atoms with Gasteiger partial charge in [0.2, 0.25) is 5.91 Å². The minimum Gasteiger partial charge on any atom is -0.494 e. The summed E-state index contributed by atoms with van der Waals surface area (Å²) in [6, 6.07) is 9.05. The van der Waals surface area contributed by atoms with Crippen molar-refractivity contribution >= 4 is 17.2 Å². The summed E-state index contributed by atoms with van der Waals surface area (Å²) < 4.78 is 5.95. The van der Waals surface area contributed by atoms with Crippen LogP contribution in [-0.2, 0) is 17.8 Å². The molecule has 1 amide bonds. The molecule has 3 aliphatic rings. The third-order valence-electron chi connectivity index (χ3n) is 6.62. The molecule has 3 heterocycles. The van der Waals surface area contributed by atoms with E-state index in [9.17, 15) is 4.79 Å². The first-order valence-corrected chi connectivity index (χ1v) is 12.2. The number of fused-ring (bicyclic) bond motifs is 1. The molecule has 0 spiro atoms. The van der Waals surface area contributed by atoms with Crippen molar-refractivity contribution in [3.8, 4) is 16.3 Å². The molecule has 1 saturated carbocycles. The van der Waals surface area contributed by atoms with Crippen molar-refractivity contribution in [3.63, 3.8) is 0 Å². The van der Waals surface area contributed by atoms with Crippen LogP contribution in [0, 0.1) is 5.92 Å². The summed E-state index contributed by atoms with van der Waals surface area (Å²) in [7, 11) is 0. The van der Waals surface area contributed by atoms with Crippen LogP contribution in [0.2, 0.25) is 0 Å². The van der Waals surface area contributed by atoms with E-state index >= 15 is 0 Å². The van der Waals surface area contributed by atoms with Gasteiger partial charge in [-0.2, -0.15) is 0 Å². The zero-order valence-corrected chi connectivity index (χ0v) is 18.6. The summed E-state index contributed by atoms with van der Waals surface area (Å²) in [6.45, 7) is 7.00. The highest BCUT2D eigenvalue weighted by Crippen LogP contribution is 2.36. The lowest BCUT2D eigenvalue weighted by atomic mass is 10.1. The van der Waals surface area contributed by atoms with Gasteiger partial charge in [0, 0.05) is 41.9 Å². The molecule has 1 saturated heterocycles. The molecule has 2 fully saturated rings. The number of aromatic nitrogens is 1. The lowest BCUT2D eigenvalue weighted by molar-refractivity contribution is -0.133. The van der Waals surface area contributed by atoms with Crippen molar-refractivity contribution in [1.29, 1.82) is 0 Å². The number of carbonyl (C=O) groups excluding carboxylic acids is 1. The Bertz CT molecular complexity index is 890. The van der Waals surface area contributed by atoms with Gasteiger partial charge >= 0.3 is 0 Å². The Hall–Kier alpha value is -1.92. The van der Waals surface area contributed by atoms with Crippen LogP contribution in [-0.4, -0.2) is 53.0 Å². The molecule has 0 bridgehead atoms. The molecule has 1 aromatic carbocycles. The van der Waals surface area contributed by atoms with Crippen LogP contribution in [0.4, 0.5) is 0 Å². The summed E-state index contributed by atoms with van der Waals surface area (Å²) in [5.74, 6) is 1.57. The Labute approximate surface area is 183 Å². The number of nitrogens with zero attached hydrogens (tertiary/aromatic N) is 3. The lowest BCUT2D eigenvalue weighted by Crippen LogP contribution is -2.36. The molecule has 5 rings (SSSR count). The second-order valence-corrected chi connectivity index (χ2v) is 10.0. The Morgan fingerprint density at radius 1 is 1.20 bits per heavy atom. The summed E-state index contributed by atoms with van der Waals surface area (Å²) in [4.78, 5) is 23.1. The monoisotopic (exact) mass is 425 g/mol. The second-order valence-electron chi connectivity index (χ2n) is 8.93. The van der Waals surface area contributed by atoms with Crippen LogP contribution in [0.15, 0.2) is 24.3 Å². The predicted molar refractivity (Wildman–Crippen MR) is 120 cm³/mol. The molecule has 1 aromatic heterocycles. The van der Waals surface area contributed by atoms with E-state index in [4.69, 9.17) is 9.72 Å². The molecule has 2 aromatic rings. The molecule has 1 aliphatic carbocycles. The van der Waals surface area contributed by atoms with E-state index in [1.54, 1.807) is 11.3 Å². The number of hydrogen-bond donors (Lipinski definition) is 0. The fraction of sp³-hybridized carbons (Fsp3) is 0.583. The molecular formula is C24H31N3O2S. The quantitative estimate of drug-likeness (QED) is 0.619. The molecule has 1 unspecified atom stereocenters. The van der Waals surface area contributed by atoms with Gasteiger partial charge in [0.25, 0.3) is 0 Å². The summed E-state index contributed by atoms with van der Waals surface area (Å²) in [5.41, 5.74) is 2.30. The van der Waals surface area contributed by atoms with Crippen LogP contribution in [0.3, 0.4) is 0 Å². The van der Waals surface area contributed by atoms with Crippen molar-refractivity contribution < 1.29 is 9.53 Å². The Balaban J connectivity index is 1.15. The summed E-state index contributed by atoms with van der Waals surface area (Å²) >= 11 is 1.73. The maximum atomic E-state index is 12.4. The van der Waals surface area contributed by atoms with Crippen LogP contribution in [0.1, 0.15) is 49.6 Å². The standard InChI is InChI=1S/C24H31N3O2S/c1-17-4-2-12-26(17)13-3-15-29-20-9-7-18(8-10-20)23-25-21-11-14-27(16-22(21)30-23)24(28)19-5-6-19/h7-10,17,19H,2-6,11-16H2,1H3. The highest BCUT2D eigenvalue weighted by atomic mass is 32.1. The fourth-order valence-corrected chi connectivity index (χ4v) is 5.70. The molecular weight excluding hydrogens is 394 g/mol. The van der Waals surface area contributed by atoms with Crippen LogP contribution in [0.5, 0.6) is 5.75 Å². The molecule has 1 atom stereocenters. The van der Waals surface area contributed by atoms with Crippen molar-refractivity contribution in [2.24, 2.45) is 5.92 Å². The number of likely N-dealkylation sites (tertiary alicyclic amines) is 1. The Kier molecular flexibility index (Phi) is 5.79. The normalized spacial score (nSPS) is 21.6. The third-order valence-corrected chi connectivity index (χ3v) is 7.75. The topological polar surface area (TPSA) is 45.7 Å². The van der Waals surface area contributed by atoms with Gasteiger partial charge in [0.1, 0.15) is 10.8 Å². The van der Waals surface area contributed by atoms with E-state index in [0.29, 0.717) is 11.8 Å². The van der Waals surface area contributed by atoms with Crippen LogP contribution >= 0.6 is 11.3 Å². The van der Waals surface area contributed by atoms with Gasteiger partial charge in [-0.05, 0) is 69.8 Å². The largest absolute Gasteiger partial charge is 0.494 e. The molecule has 30 heavy (non-hydrogen) atoms. The van der Waals surface area contributed by atoms with Gasteiger partial charge in [0.15, 0.2) is 0 Å². The van der Waals surface area contributed by atoms with Crippen molar-refractivity contribution in [2.45, 2.75) is 58.0 Å². The minimum atomic E-state index is 0.297. The average molecular weight is 426 g/mol. The fourth-order valence-electron chi connectivity index (χ4n) is 4.57. The predicted octanol–water partition coefficient (Wildman–Crippen LogP) is 4.36. The number of benzene rings is 1. The first-order valence-electron chi connectivity index (χ1n) is 11.4. The number of hydrogen-bond acceptors (Lipinski definition) is 5. The molecule has 5 nitrogen and oxygen atoms in total. The van der Waals surface area contributed by atoms with Gasteiger partial charge < -0.3 is 14.5 Å². The zero-order valence-electron chi connectivity index (χ0n) is 17.8. The molecule has 0 N–H and O–H groups in total. The number of carbonyl (C=O) groups is 1. The Morgan fingerprint density at radius 2 is 2.03 bits per heavy atom. The number of amides is 1. The van der Waals surface area contributed by atoms with E-state index in [-0.39, 0.29) is 0 Å². The smallest absolute Gasteiger partial charge is 0.226 e. The first-order chi connectivity index (χ1) is 14.7. The zero-order chi connectivity index (χ0) is 20.5. The van der Waals surface area contributed by atoms with Crippen molar-refractivity contribution in [1.82, 2.24) is 14.8 Å². The summed E-state index contributed by atoms with van der Waals surface area (Å²) in [5, 5.41) is 1.05. The van der Waals surface area contributed by atoms with Gasteiger partial charge in [-0.25, -0.2) is 4.98 Å².